The Morgan fingerprint density at radius 2 is 1.86 bits per heavy atom. The molecule has 0 aliphatic heterocycles. The van der Waals surface area contributed by atoms with Crippen LogP contribution in [0.15, 0.2) is 0 Å². The van der Waals surface area contributed by atoms with Crippen molar-refractivity contribution >= 4 is 11.9 Å². The summed E-state index contributed by atoms with van der Waals surface area (Å²) in [4.78, 5) is 24.6. The molecule has 0 bridgehead atoms. The summed E-state index contributed by atoms with van der Waals surface area (Å²) in [5, 5.41) is 11.9. The number of rotatable bonds is 11. The zero-order valence-electron chi connectivity index (χ0n) is 13.6. The van der Waals surface area contributed by atoms with Crippen LogP contribution in [0.25, 0.3) is 0 Å². The van der Waals surface area contributed by atoms with E-state index in [0.717, 1.165) is 32.2 Å². The Kier molecular flexibility index (Phi) is 7.72. The summed E-state index contributed by atoms with van der Waals surface area (Å²) in [5.74, 6) is 0.348. The van der Waals surface area contributed by atoms with Gasteiger partial charge in [0.25, 0.3) is 0 Å². The Hall–Kier alpha value is -1.10. The first-order chi connectivity index (χ1) is 9.86. The van der Waals surface area contributed by atoms with Crippen molar-refractivity contribution in [2.24, 2.45) is 11.8 Å². The summed E-state index contributed by atoms with van der Waals surface area (Å²) < 4.78 is 0. The highest BCUT2D eigenvalue weighted by atomic mass is 16.4. The number of nitrogens with one attached hydrogen (secondary N) is 1. The molecule has 0 heterocycles. The fourth-order valence-corrected chi connectivity index (χ4v) is 2.47. The summed E-state index contributed by atoms with van der Waals surface area (Å²) in [5.41, 5.74) is 0. The van der Waals surface area contributed by atoms with E-state index in [9.17, 15) is 9.59 Å². The maximum atomic E-state index is 12.0. The van der Waals surface area contributed by atoms with Crippen LogP contribution in [0.3, 0.4) is 0 Å². The molecular formula is C16H30N2O3. The van der Waals surface area contributed by atoms with Crippen LogP contribution >= 0.6 is 0 Å². The highest BCUT2D eigenvalue weighted by Gasteiger charge is 2.26. The third-order valence-corrected chi connectivity index (χ3v) is 3.77. The summed E-state index contributed by atoms with van der Waals surface area (Å²) in [6.45, 7) is 7.28. The van der Waals surface area contributed by atoms with Crippen molar-refractivity contribution in [1.29, 1.82) is 0 Å². The largest absolute Gasteiger partial charge is 0.480 e. The van der Waals surface area contributed by atoms with Crippen LogP contribution in [0.5, 0.6) is 0 Å². The van der Waals surface area contributed by atoms with Crippen LogP contribution in [0, 0.1) is 11.8 Å². The predicted octanol–water partition coefficient (Wildman–Crippen LogP) is 2.11. The average molecular weight is 298 g/mol. The second kappa shape index (κ2) is 9.03. The fraction of sp³-hybridized carbons (Fsp3) is 0.875. The lowest BCUT2D eigenvalue weighted by Crippen LogP contribution is -2.43. The van der Waals surface area contributed by atoms with Gasteiger partial charge in [0.05, 0.1) is 13.1 Å². The van der Waals surface area contributed by atoms with E-state index in [4.69, 9.17) is 5.11 Å². The van der Waals surface area contributed by atoms with E-state index >= 15 is 0 Å². The third-order valence-electron chi connectivity index (χ3n) is 3.77. The van der Waals surface area contributed by atoms with Gasteiger partial charge in [0.1, 0.15) is 0 Å². The number of carbonyl (C=O) groups excluding carboxylic acids is 1. The van der Waals surface area contributed by atoms with Gasteiger partial charge in [0, 0.05) is 12.6 Å². The molecule has 0 saturated heterocycles. The Bertz CT molecular complexity index is 340. The van der Waals surface area contributed by atoms with Crippen molar-refractivity contribution in [2.75, 3.05) is 19.6 Å². The number of carbonyl (C=O) groups is 2. The van der Waals surface area contributed by atoms with Gasteiger partial charge in [0.15, 0.2) is 0 Å². The highest BCUT2D eigenvalue weighted by molar-refractivity contribution is 5.79. The van der Waals surface area contributed by atoms with Gasteiger partial charge >= 0.3 is 5.97 Å². The molecule has 122 valence electrons. The first kappa shape index (κ1) is 18.0. The van der Waals surface area contributed by atoms with Crippen LogP contribution in [0.2, 0.25) is 0 Å². The number of hydrogen-bond donors (Lipinski definition) is 2. The predicted molar refractivity (Wildman–Crippen MR) is 83.1 cm³/mol. The van der Waals surface area contributed by atoms with Gasteiger partial charge in [-0.25, -0.2) is 0 Å². The molecule has 1 atom stereocenters. The smallest absolute Gasteiger partial charge is 0.317 e. The van der Waals surface area contributed by atoms with Crippen molar-refractivity contribution in [3.05, 3.63) is 0 Å². The van der Waals surface area contributed by atoms with Gasteiger partial charge in [-0.3, -0.25) is 14.5 Å². The lowest BCUT2D eigenvalue weighted by atomic mass is 10.0. The minimum atomic E-state index is -0.867. The van der Waals surface area contributed by atoms with E-state index in [1.54, 1.807) is 4.90 Å². The maximum absolute atomic E-state index is 12.0. The Balaban J connectivity index is 2.26. The van der Waals surface area contributed by atoms with Crippen molar-refractivity contribution in [3.63, 3.8) is 0 Å². The van der Waals surface area contributed by atoms with E-state index in [1.165, 1.54) is 6.42 Å². The molecule has 1 saturated carbocycles. The minimum Gasteiger partial charge on any atom is -0.480 e. The molecule has 1 fully saturated rings. The summed E-state index contributed by atoms with van der Waals surface area (Å²) in [6.07, 6.45) is 5.57. The fourth-order valence-electron chi connectivity index (χ4n) is 2.47. The summed E-state index contributed by atoms with van der Waals surface area (Å²) in [7, 11) is 0. The topological polar surface area (TPSA) is 69.6 Å². The Labute approximate surface area is 128 Å². The monoisotopic (exact) mass is 298 g/mol. The third kappa shape index (κ3) is 9.45. The summed E-state index contributed by atoms with van der Waals surface area (Å²) in [6, 6.07) is 0.156. The molecule has 0 aromatic heterocycles. The number of carboxylic acids is 1. The minimum absolute atomic E-state index is 0.0500. The number of hydrogen-bond acceptors (Lipinski definition) is 3. The van der Waals surface area contributed by atoms with Gasteiger partial charge in [-0.2, -0.15) is 0 Å². The van der Waals surface area contributed by atoms with E-state index in [-0.39, 0.29) is 25.0 Å². The first-order valence-electron chi connectivity index (χ1n) is 8.10. The standard InChI is InChI=1S/C16H30N2O3/c1-12(2)5-4-6-13(3)17-15(19)10-18(11-16(20)21)9-14-7-8-14/h12-14H,4-11H2,1-3H3,(H,17,19)(H,20,21). The van der Waals surface area contributed by atoms with Crippen LogP contribution < -0.4 is 5.32 Å². The van der Waals surface area contributed by atoms with Gasteiger partial charge in [-0.05, 0) is 38.0 Å². The van der Waals surface area contributed by atoms with Crippen LogP contribution in [-0.4, -0.2) is 47.6 Å². The second-order valence-electron chi connectivity index (χ2n) is 6.80. The molecule has 0 spiro atoms. The van der Waals surface area contributed by atoms with E-state index in [1.807, 2.05) is 6.92 Å². The van der Waals surface area contributed by atoms with Crippen LogP contribution in [0.4, 0.5) is 0 Å². The molecule has 0 aromatic rings. The van der Waals surface area contributed by atoms with E-state index < -0.39 is 5.97 Å². The molecule has 1 amide bonds. The van der Waals surface area contributed by atoms with E-state index in [2.05, 4.69) is 19.2 Å². The lowest BCUT2D eigenvalue weighted by Gasteiger charge is -2.21. The van der Waals surface area contributed by atoms with Gasteiger partial charge in [-0.1, -0.05) is 26.7 Å². The van der Waals surface area contributed by atoms with Gasteiger partial charge in [-0.15, -0.1) is 0 Å². The first-order valence-corrected chi connectivity index (χ1v) is 8.10. The average Bonchev–Trinajstić information content (AvgIpc) is 3.10. The SMILES string of the molecule is CC(C)CCCC(C)NC(=O)CN(CC(=O)O)CC1CC1. The molecule has 0 radical (unpaired) electrons. The number of carboxylic acid groups (broad SMARTS) is 1. The second-order valence-corrected chi connectivity index (χ2v) is 6.80. The molecular weight excluding hydrogens is 268 g/mol. The molecule has 1 unspecified atom stereocenters. The highest BCUT2D eigenvalue weighted by Crippen LogP contribution is 2.29. The molecule has 5 nitrogen and oxygen atoms in total. The van der Waals surface area contributed by atoms with Crippen molar-refractivity contribution in [3.8, 4) is 0 Å². The quantitative estimate of drug-likeness (QED) is 0.613. The Morgan fingerprint density at radius 1 is 1.19 bits per heavy atom. The van der Waals surface area contributed by atoms with Gasteiger partial charge in [0.2, 0.25) is 5.91 Å². The molecule has 1 aliphatic rings. The molecule has 2 N–H and O–H groups in total. The van der Waals surface area contributed by atoms with Crippen molar-refractivity contribution in [1.82, 2.24) is 10.2 Å². The maximum Gasteiger partial charge on any atom is 0.317 e. The van der Waals surface area contributed by atoms with Crippen molar-refractivity contribution in [2.45, 2.75) is 58.9 Å². The zero-order valence-corrected chi connectivity index (χ0v) is 13.6. The molecule has 1 rings (SSSR count). The lowest BCUT2D eigenvalue weighted by molar-refractivity contribution is -0.138. The van der Waals surface area contributed by atoms with Gasteiger partial charge < -0.3 is 10.4 Å². The zero-order chi connectivity index (χ0) is 15.8. The number of amides is 1. The van der Waals surface area contributed by atoms with Crippen LogP contribution in [-0.2, 0) is 9.59 Å². The van der Waals surface area contributed by atoms with Crippen molar-refractivity contribution < 1.29 is 14.7 Å². The van der Waals surface area contributed by atoms with Crippen LogP contribution in [0.1, 0.15) is 52.9 Å². The van der Waals surface area contributed by atoms with E-state index in [0.29, 0.717) is 11.8 Å². The molecule has 1 aliphatic carbocycles. The number of aliphatic carboxylic acids is 1. The Morgan fingerprint density at radius 3 is 2.38 bits per heavy atom. The normalized spacial score (nSPS) is 16.2. The number of nitrogens with zero attached hydrogens (tertiary/aromatic N) is 1. The molecule has 21 heavy (non-hydrogen) atoms. The molecule has 5 heteroatoms. The molecule has 0 aromatic carbocycles. The summed E-state index contributed by atoms with van der Waals surface area (Å²) >= 11 is 0.